The second kappa shape index (κ2) is 6.49. The van der Waals surface area contributed by atoms with Gasteiger partial charge in [-0.05, 0) is 25.9 Å². The molecule has 1 aliphatic rings. The molecule has 21 heavy (non-hydrogen) atoms. The molecule has 0 saturated carbocycles. The number of carboxylic acid groups (broad SMARTS) is 1. The third-order valence-electron chi connectivity index (χ3n) is 3.72. The number of likely N-dealkylation sites (N-methyl/N-ethyl adjacent to an activating group) is 1. The normalized spacial score (nSPS) is 18.6. The number of aromatic nitrogens is 1. The van der Waals surface area contributed by atoms with Crippen LogP contribution in [0.3, 0.4) is 0 Å². The van der Waals surface area contributed by atoms with Gasteiger partial charge in [-0.25, -0.2) is 9.78 Å². The smallest absolute Gasteiger partial charge is 0.337 e. The Hall–Kier alpha value is -2.22. The van der Waals surface area contributed by atoms with Crippen molar-refractivity contribution in [2.45, 2.75) is 25.8 Å². The summed E-state index contributed by atoms with van der Waals surface area (Å²) in [7, 11) is 0. The summed E-state index contributed by atoms with van der Waals surface area (Å²) in [6, 6.07) is 1.36. The molecule has 8 nitrogen and oxygen atoms in total. The topological polar surface area (TPSA) is 109 Å². The lowest BCUT2D eigenvalue weighted by molar-refractivity contribution is -0.384. The third-order valence-corrected chi connectivity index (χ3v) is 3.72. The Kier molecular flexibility index (Phi) is 4.69. The molecule has 2 heterocycles. The fraction of sp³-hybridized carbons (Fsp3) is 0.538. The minimum absolute atomic E-state index is 0.118. The number of nitrogens with zero attached hydrogens (tertiary/aromatic N) is 3. The van der Waals surface area contributed by atoms with Crippen molar-refractivity contribution in [3.63, 3.8) is 0 Å². The average molecular weight is 294 g/mol. The van der Waals surface area contributed by atoms with E-state index in [1.165, 1.54) is 0 Å². The first-order valence-electron chi connectivity index (χ1n) is 6.88. The van der Waals surface area contributed by atoms with Crippen molar-refractivity contribution in [2.24, 2.45) is 0 Å². The van der Waals surface area contributed by atoms with Crippen LogP contribution in [0.25, 0.3) is 0 Å². The monoisotopic (exact) mass is 294 g/mol. The Bertz CT molecular complexity index is 549. The molecule has 0 spiro atoms. The minimum Gasteiger partial charge on any atom is -0.478 e. The molecule has 1 saturated heterocycles. The van der Waals surface area contributed by atoms with Gasteiger partial charge in [-0.1, -0.05) is 6.92 Å². The molecule has 2 rings (SSSR count). The fourth-order valence-electron chi connectivity index (χ4n) is 2.60. The summed E-state index contributed by atoms with van der Waals surface area (Å²) < 4.78 is 0. The van der Waals surface area contributed by atoms with Crippen molar-refractivity contribution in [3.8, 4) is 0 Å². The van der Waals surface area contributed by atoms with Crippen LogP contribution < -0.4 is 5.32 Å². The molecule has 0 aliphatic carbocycles. The van der Waals surface area contributed by atoms with Gasteiger partial charge >= 0.3 is 11.7 Å². The summed E-state index contributed by atoms with van der Waals surface area (Å²) in [6.45, 7) is 4.63. The van der Waals surface area contributed by atoms with Crippen LogP contribution in [0.1, 0.15) is 30.1 Å². The van der Waals surface area contributed by atoms with Crippen LogP contribution >= 0.6 is 0 Å². The van der Waals surface area contributed by atoms with Gasteiger partial charge in [0.15, 0.2) is 0 Å². The number of likely N-dealkylation sites (tertiary alicyclic amines) is 1. The van der Waals surface area contributed by atoms with Gasteiger partial charge in [-0.2, -0.15) is 0 Å². The number of nitrogens with one attached hydrogen (secondary N) is 1. The van der Waals surface area contributed by atoms with Gasteiger partial charge in [0.2, 0.25) is 5.82 Å². The summed E-state index contributed by atoms with van der Waals surface area (Å²) in [5.74, 6) is -1.11. The number of carboxylic acids is 1. The number of anilines is 1. The maximum Gasteiger partial charge on any atom is 0.337 e. The van der Waals surface area contributed by atoms with Crippen molar-refractivity contribution < 1.29 is 14.8 Å². The van der Waals surface area contributed by atoms with Crippen LogP contribution in [-0.2, 0) is 0 Å². The highest BCUT2D eigenvalue weighted by molar-refractivity contribution is 5.88. The van der Waals surface area contributed by atoms with Crippen LogP contribution in [-0.4, -0.2) is 51.6 Å². The Morgan fingerprint density at radius 2 is 2.43 bits per heavy atom. The molecular weight excluding hydrogens is 276 g/mol. The van der Waals surface area contributed by atoms with Crippen LogP contribution in [0.15, 0.2) is 12.3 Å². The molecule has 0 radical (unpaired) electrons. The van der Waals surface area contributed by atoms with Crippen molar-refractivity contribution >= 4 is 17.5 Å². The van der Waals surface area contributed by atoms with Crippen molar-refractivity contribution in [1.29, 1.82) is 0 Å². The zero-order valence-corrected chi connectivity index (χ0v) is 11.8. The molecule has 1 aromatic heterocycles. The highest BCUT2D eigenvalue weighted by Gasteiger charge is 2.24. The maximum absolute atomic E-state index is 11.0. The van der Waals surface area contributed by atoms with Crippen LogP contribution in [0.5, 0.6) is 0 Å². The number of aromatic carboxylic acids is 1. The standard InChI is InChI=1S/C13H18N4O4/c1-2-16-5-3-4-10(16)8-15-12-11(17(20)21)6-9(7-14-12)13(18)19/h6-7,10H,2-5,8H2,1H3,(H,14,15)(H,18,19). The van der Waals surface area contributed by atoms with Gasteiger partial charge in [0.1, 0.15) is 0 Å². The lowest BCUT2D eigenvalue weighted by atomic mass is 10.2. The molecule has 1 atom stereocenters. The fourth-order valence-corrected chi connectivity index (χ4v) is 2.60. The quantitative estimate of drug-likeness (QED) is 0.605. The highest BCUT2D eigenvalue weighted by atomic mass is 16.6. The highest BCUT2D eigenvalue weighted by Crippen LogP contribution is 2.24. The average Bonchev–Trinajstić information content (AvgIpc) is 2.92. The second-order valence-corrected chi connectivity index (χ2v) is 4.96. The lowest BCUT2D eigenvalue weighted by Crippen LogP contribution is -2.34. The summed E-state index contributed by atoms with van der Waals surface area (Å²) in [5.41, 5.74) is -0.501. The Morgan fingerprint density at radius 1 is 1.67 bits per heavy atom. The Balaban J connectivity index is 2.12. The Morgan fingerprint density at radius 3 is 3.05 bits per heavy atom. The largest absolute Gasteiger partial charge is 0.478 e. The Labute approximate surface area is 121 Å². The van der Waals surface area contributed by atoms with E-state index in [-0.39, 0.29) is 17.1 Å². The number of nitro groups is 1. The molecule has 1 aliphatic heterocycles. The molecule has 1 aromatic rings. The number of hydrogen-bond acceptors (Lipinski definition) is 6. The van der Waals surface area contributed by atoms with Gasteiger partial charge in [0.25, 0.3) is 0 Å². The number of carbonyl (C=O) groups is 1. The summed E-state index contributed by atoms with van der Waals surface area (Å²) in [6.07, 6.45) is 3.29. The van der Waals surface area contributed by atoms with E-state index in [0.717, 1.165) is 38.2 Å². The molecule has 1 fully saturated rings. The van der Waals surface area contributed by atoms with Crippen LogP contribution in [0.2, 0.25) is 0 Å². The van der Waals surface area contributed by atoms with Crippen molar-refractivity contribution in [2.75, 3.05) is 25.0 Å². The van der Waals surface area contributed by atoms with Crippen LogP contribution in [0, 0.1) is 10.1 Å². The van der Waals surface area contributed by atoms with Gasteiger partial charge in [0.05, 0.1) is 10.5 Å². The summed E-state index contributed by atoms with van der Waals surface area (Å²) >= 11 is 0. The first-order chi connectivity index (χ1) is 10.0. The molecule has 8 heteroatoms. The van der Waals surface area contributed by atoms with Crippen molar-refractivity contribution in [1.82, 2.24) is 9.88 Å². The van der Waals surface area contributed by atoms with E-state index in [2.05, 4.69) is 22.1 Å². The first kappa shape index (κ1) is 15.2. The number of hydrogen-bond donors (Lipinski definition) is 2. The van der Waals surface area contributed by atoms with E-state index >= 15 is 0 Å². The molecule has 0 amide bonds. The van der Waals surface area contributed by atoms with E-state index in [1.54, 1.807) is 0 Å². The van der Waals surface area contributed by atoms with E-state index in [1.807, 2.05) is 0 Å². The third kappa shape index (κ3) is 3.46. The lowest BCUT2D eigenvalue weighted by Gasteiger charge is -2.23. The molecule has 0 bridgehead atoms. The van der Waals surface area contributed by atoms with E-state index < -0.39 is 10.9 Å². The van der Waals surface area contributed by atoms with E-state index in [0.29, 0.717) is 12.6 Å². The maximum atomic E-state index is 11.0. The number of rotatable bonds is 6. The van der Waals surface area contributed by atoms with Gasteiger partial charge < -0.3 is 10.4 Å². The van der Waals surface area contributed by atoms with E-state index in [9.17, 15) is 14.9 Å². The minimum atomic E-state index is -1.23. The van der Waals surface area contributed by atoms with Gasteiger partial charge in [0, 0.05) is 24.8 Å². The van der Waals surface area contributed by atoms with Crippen molar-refractivity contribution in [3.05, 3.63) is 27.9 Å². The van der Waals surface area contributed by atoms with Gasteiger partial charge in [-0.15, -0.1) is 0 Å². The summed E-state index contributed by atoms with van der Waals surface area (Å²) in [5, 5.41) is 22.9. The number of pyridine rings is 1. The predicted molar refractivity (Wildman–Crippen MR) is 76.6 cm³/mol. The zero-order chi connectivity index (χ0) is 15.4. The molecule has 114 valence electrons. The second-order valence-electron chi connectivity index (χ2n) is 4.96. The van der Waals surface area contributed by atoms with E-state index in [4.69, 9.17) is 5.11 Å². The first-order valence-corrected chi connectivity index (χ1v) is 6.88. The summed E-state index contributed by atoms with van der Waals surface area (Å²) in [4.78, 5) is 27.5. The molecule has 1 unspecified atom stereocenters. The van der Waals surface area contributed by atoms with Crippen LogP contribution in [0.4, 0.5) is 11.5 Å². The molecular formula is C13H18N4O4. The van der Waals surface area contributed by atoms with Gasteiger partial charge in [-0.3, -0.25) is 15.0 Å². The SMILES string of the molecule is CCN1CCCC1CNc1ncc(C(=O)O)cc1[N+](=O)[O-]. The predicted octanol–water partition coefficient (Wildman–Crippen LogP) is 1.58. The zero-order valence-electron chi connectivity index (χ0n) is 11.8. The molecule has 0 aromatic carbocycles. The molecule has 2 N–H and O–H groups in total.